The molecular formula is C18H14N2O2. The van der Waals surface area contributed by atoms with Crippen molar-refractivity contribution in [2.75, 3.05) is 5.32 Å². The summed E-state index contributed by atoms with van der Waals surface area (Å²) >= 11 is 0. The molecule has 108 valence electrons. The molecule has 4 nitrogen and oxygen atoms in total. The number of carbonyl (C=O) groups is 2. The van der Waals surface area contributed by atoms with Gasteiger partial charge in [0.05, 0.1) is 0 Å². The number of hydrogen-bond acceptors (Lipinski definition) is 2. The quantitative estimate of drug-likeness (QED) is 0.876. The van der Waals surface area contributed by atoms with Crippen LogP contribution in [0.4, 0.5) is 5.69 Å². The van der Waals surface area contributed by atoms with Crippen LogP contribution in [0, 0.1) is 6.54 Å². The lowest BCUT2D eigenvalue weighted by atomic mass is 9.93. The molecule has 4 rings (SSSR count). The van der Waals surface area contributed by atoms with Crippen molar-refractivity contribution in [2.24, 2.45) is 0 Å². The van der Waals surface area contributed by atoms with Gasteiger partial charge in [-0.1, -0.05) is 36.4 Å². The van der Waals surface area contributed by atoms with Crippen molar-refractivity contribution in [3.05, 3.63) is 71.8 Å². The number of rotatable bonds is 1. The highest BCUT2D eigenvalue weighted by Crippen LogP contribution is 2.29. The fourth-order valence-electron chi connectivity index (χ4n) is 3.05. The van der Waals surface area contributed by atoms with E-state index in [0.717, 1.165) is 16.8 Å². The van der Waals surface area contributed by atoms with E-state index < -0.39 is 6.04 Å². The van der Waals surface area contributed by atoms with Gasteiger partial charge in [0.15, 0.2) is 0 Å². The zero-order valence-corrected chi connectivity index (χ0v) is 11.9. The number of anilines is 1. The maximum absolute atomic E-state index is 12.7. The van der Waals surface area contributed by atoms with E-state index in [9.17, 15) is 9.59 Å². The first-order valence-electron chi connectivity index (χ1n) is 7.28. The minimum atomic E-state index is -0.532. The van der Waals surface area contributed by atoms with Crippen LogP contribution in [0.2, 0.25) is 0 Å². The van der Waals surface area contributed by atoms with Crippen LogP contribution in [0.25, 0.3) is 0 Å². The number of fused-ring (bicyclic) bond motifs is 2. The second-order valence-electron chi connectivity index (χ2n) is 5.53. The smallest absolute Gasteiger partial charge is 0.255 e. The molecule has 0 saturated heterocycles. The maximum Gasteiger partial charge on any atom is 0.255 e. The van der Waals surface area contributed by atoms with Gasteiger partial charge in [-0.15, -0.1) is 0 Å². The predicted molar refractivity (Wildman–Crippen MR) is 82.1 cm³/mol. The highest BCUT2D eigenvalue weighted by atomic mass is 16.2. The lowest BCUT2D eigenvalue weighted by molar-refractivity contribution is -0.120. The normalized spacial score (nSPS) is 20.2. The van der Waals surface area contributed by atoms with Crippen molar-refractivity contribution in [1.29, 1.82) is 0 Å². The van der Waals surface area contributed by atoms with E-state index in [1.54, 1.807) is 6.07 Å². The monoisotopic (exact) mass is 290 g/mol. The molecule has 1 unspecified atom stereocenters. The highest BCUT2D eigenvalue weighted by molar-refractivity contribution is 6.04. The largest absolute Gasteiger partial charge is 0.324 e. The van der Waals surface area contributed by atoms with E-state index in [1.807, 2.05) is 42.5 Å². The summed E-state index contributed by atoms with van der Waals surface area (Å²) in [5, 5.41) is 2.88. The molecule has 2 radical (unpaired) electrons. The molecule has 1 N–H and O–H groups in total. The van der Waals surface area contributed by atoms with Crippen molar-refractivity contribution in [3.63, 3.8) is 0 Å². The van der Waals surface area contributed by atoms with E-state index in [0.29, 0.717) is 18.4 Å². The summed E-state index contributed by atoms with van der Waals surface area (Å²) in [7, 11) is 0. The van der Waals surface area contributed by atoms with Crippen LogP contribution < -0.4 is 5.32 Å². The van der Waals surface area contributed by atoms with Gasteiger partial charge in [0.1, 0.15) is 12.6 Å². The molecule has 4 heteroatoms. The number of carbonyl (C=O) groups excluding carboxylic acids is 2. The second-order valence-corrected chi connectivity index (χ2v) is 5.53. The summed E-state index contributed by atoms with van der Waals surface area (Å²) in [6.07, 6.45) is 1.07. The lowest BCUT2D eigenvalue weighted by Crippen LogP contribution is -2.51. The van der Waals surface area contributed by atoms with Gasteiger partial charge in [-0.05, 0) is 23.3 Å². The Morgan fingerprint density at radius 2 is 1.73 bits per heavy atom. The second kappa shape index (κ2) is 4.98. The Balaban J connectivity index is 1.66. The summed E-state index contributed by atoms with van der Waals surface area (Å²) in [6.45, 7) is 3.08. The molecule has 0 aliphatic carbocycles. The summed E-state index contributed by atoms with van der Waals surface area (Å²) in [6, 6.07) is 14.6. The van der Waals surface area contributed by atoms with Gasteiger partial charge < -0.3 is 10.2 Å². The molecule has 2 heterocycles. The Bertz CT molecular complexity index is 769. The molecular weight excluding hydrogens is 276 g/mol. The van der Waals surface area contributed by atoms with E-state index >= 15 is 0 Å². The molecule has 22 heavy (non-hydrogen) atoms. The van der Waals surface area contributed by atoms with E-state index in [-0.39, 0.29) is 11.8 Å². The summed E-state index contributed by atoms with van der Waals surface area (Å²) in [4.78, 5) is 26.5. The van der Waals surface area contributed by atoms with Crippen LogP contribution >= 0.6 is 0 Å². The molecule has 2 aromatic carbocycles. The minimum absolute atomic E-state index is 0.151. The first-order valence-corrected chi connectivity index (χ1v) is 7.28. The van der Waals surface area contributed by atoms with Gasteiger partial charge in [-0.2, -0.15) is 0 Å². The zero-order chi connectivity index (χ0) is 15.1. The first kappa shape index (κ1) is 13.1. The van der Waals surface area contributed by atoms with Crippen LogP contribution in [0.5, 0.6) is 0 Å². The van der Waals surface area contributed by atoms with Crippen molar-refractivity contribution in [3.8, 4) is 0 Å². The fourth-order valence-corrected chi connectivity index (χ4v) is 3.05. The average molecular weight is 290 g/mol. The van der Waals surface area contributed by atoms with Gasteiger partial charge in [0, 0.05) is 24.1 Å². The Morgan fingerprint density at radius 3 is 2.59 bits per heavy atom. The van der Waals surface area contributed by atoms with Crippen molar-refractivity contribution in [2.45, 2.75) is 18.9 Å². The minimum Gasteiger partial charge on any atom is -0.324 e. The van der Waals surface area contributed by atoms with Gasteiger partial charge in [-0.25, -0.2) is 0 Å². The number of amides is 2. The van der Waals surface area contributed by atoms with Crippen LogP contribution in [0.15, 0.2) is 48.5 Å². The van der Waals surface area contributed by atoms with Crippen LogP contribution in [0.3, 0.4) is 0 Å². The van der Waals surface area contributed by atoms with Crippen molar-refractivity contribution < 1.29 is 9.59 Å². The number of nitrogens with zero attached hydrogens (tertiary/aromatic N) is 1. The molecule has 1 atom stereocenters. The molecule has 0 bridgehead atoms. The van der Waals surface area contributed by atoms with Crippen LogP contribution in [0.1, 0.15) is 21.5 Å². The molecule has 2 aliphatic rings. The molecule has 0 spiro atoms. The Labute approximate surface area is 128 Å². The highest BCUT2D eigenvalue weighted by Gasteiger charge is 2.37. The van der Waals surface area contributed by atoms with Gasteiger partial charge in [0.2, 0.25) is 5.91 Å². The molecule has 0 aromatic heterocycles. The van der Waals surface area contributed by atoms with Crippen LogP contribution in [-0.2, 0) is 17.6 Å². The summed E-state index contributed by atoms with van der Waals surface area (Å²) < 4.78 is 0. The third-order valence-corrected chi connectivity index (χ3v) is 4.21. The van der Waals surface area contributed by atoms with Crippen molar-refractivity contribution in [1.82, 2.24) is 4.90 Å². The Kier molecular flexibility index (Phi) is 2.96. The van der Waals surface area contributed by atoms with Gasteiger partial charge in [-0.3, -0.25) is 9.59 Å². The number of para-hydroxylation sites is 1. The Morgan fingerprint density at radius 1 is 1.00 bits per heavy atom. The topological polar surface area (TPSA) is 49.4 Å². The maximum atomic E-state index is 12.7. The third kappa shape index (κ3) is 1.99. The molecule has 0 saturated carbocycles. The van der Waals surface area contributed by atoms with Gasteiger partial charge in [0.25, 0.3) is 5.91 Å². The number of benzene rings is 2. The lowest BCUT2D eigenvalue weighted by Gasteiger charge is -2.36. The number of nitrogens with one attached hydrogen (secondary N) is 1. The molecule has 2 aliphatic heterocycles. The van der Waals surface area contributed by atoms with E-state index in [4.69, 9.17) is 0 Å². The van der Waals surface area contributed by atoms with E-state index in [1.165, 1.54) is 4.90 Å². The third-order valence-electron chi connectivity index (χ3n) is 4.21. The summed E-state index contributed by atoms with van der Waals surface area (Å²) in [5.74, 6) is -0.305. The Hall–Kier alpha value is -2.62. The summed E-state index contributed by atoms with van der Waals surface area (Å²) in [5.41, 5.74) is 3.49. The van der Waals surface area contributed by atoms with Crippen LogP contribution in [-0.4, -0.2) is 22.8 Å². The predicted octanol–water partition coefficient (Wildman–Crippen LogP) is 2.29. The molecule has 0 fully saturated rings. The van der Waals surface area contributed by atoms with E-state index in [2.05, 4.69) is 11.9 Å². The fraction of sp³-hybridized carbons (Fsp3) is 0.167. The van der Waals surface area contributed by atoms with Gasteiger partial charge >= 0.3 is 0 Å². The average Bonchev–Trinajstić information content (AvgIpc) is 2.55. The van der Waals surface area contributed by atoms with Crippen molar-refractivity contribution >= 4 is 17.5 Å². The zero-order valence-electron chi connectivity index (χ0n) is 11.9. The molecule has 2 amide bonds. The number of hydrogen-bond donors (Lipinski definition) is 1. The standard InChI is InChI=1S/C18H14N2O2/c21-17-16(11-13-6-2-4-8-15(13)19-17)20-10-9-12-5-1-3-7-14(12)18(20)22/h1-8,16H,9,11H2,(H,19,21). The SMILES string of the molecule is O=C1Nc2ccccc2CC1N1[C]Cc2ccccc2C1=O. The molecule has 2 aromatic rings. The first-order chi connectivity index (χ1) is 10.7.